The van der Waals surface area contributed by atoms with Crippen molar-refractivity contribution in [2.45, 2.75) is 33.2 Å². The second kappa shape index (κ2) is 8.80. The molecule has 0 bridgehead atoms. The molecule has 1 aromatic heterocycles. The van der Waals surface area contributed by atoms with Crippen molar-refractivity contribution in [1.29, 1.82) is 0 Å². The number of carbonyl (C=O) groups excluding carboxylic acids is 1. The summed E-state index contributed by atoms with van der Waals surface area (Å²) in [6, 6.07) is 12.5. The Morgan fingerprint density at radius 1 is 0.966 bits per heavy atom. The molecule has 0 saturated carbocycles. The Bertz CT molecular complexity index is 1070. The first-order valence-electron chi connectivity index (χ1n) is 9.05. The number of hydrogen-bond acceptors (Lipinski definition) is 3. The summed E-state index contributed by atoms with van der Waals surface area (Å²) >= 11 is 11.9. The van der Waals surface area contributed by atoms with Crippen LogP contribution in [0.2, 0.25) is 10.0 Å². The molecule has 150 valence electrons. The number of aromatic nitrogens is 2. The fourth-order valence-corrected chi connectivity index (χ4v) is 3.52. The van der Waals surface area contributed by atoms with Crippen molar-refractivity contribution in [1.82, 2.24) is 9.78 Å². The summed E-state index contributed by atoms with van der Waals surface area (Å²) in [6.07, 6.45) is 0.200. The van der Waals surface area contributed by atoms with Gasteiger partial charge in [-0.1, -0.05) is 53.5 Å². The SMILES string of the molecule is Cc1nn(Cc2ccc(C(=O)Cc3ccc(Cl)c(Cl)c3)cc2)c(C)c1CC(=O)O. The molecule has 2 aromatic carbocycles. The fraction of sp³-hybridized carbons (Fsp3) is 0.227. The normalized spacial score (nSPS) is 10.9. The van der Waals surface area contributed by atoms with E-state index < -0.39 is 5.97 Å². The van der Waals surface area contributed by atoms with Gasteiger partial charge in [0.2, 0.25) is 0 Å². The maximum absolute atomic E-state index is 12.5. The molecule has 5 nitrogen and oxygen atoms in total. The summed E-state index contributed by atoms with van der Waals surface area (Å²) in [5.74, 6) is -0.884. The van der Waals surface area contributed by atoms with Crippen molar-refractivity contribution in [2.75, 3.05) is 0 Å². The van der Waals surface area contributed by atoms with Crippen molar-refractivity contribution >= 4 is 35.0 Å². The summed E-state index contributed by atoms with van der Waals surface area (Å²) in [7, 11) is 0. The van der Waals surface area contributed by atoms with E-state index in [0.717, 1.165) is 28.1 Å². The van der Waals surface area contributed by atoms with Gasteiger partial charge in [-0.05, 0) is 37.1 Å². The quantitative estimate of drug-likeness (QED) is 0.540. The average Bonchev–Trinajstić information content (AvgIpc) is 2.92. The van der Waals surface area contributed by atoms with Gasteiger partial charge in [0.25, 0.3) is 0 Å². The highest BCUT2D eigenvalue weighted by atomic mass is 35.5. The summed E-state index contributed by atoms with van der Waals surface area (Å²) in [4.78, 5) is 23.6. The lowest BCUT2D eigenvalue weighted by Crippen LogP contribution is -2.07. The van der Waals surface area contributed by atoms with Gasteiger partial charge in [0.15, 0.2) is 5.78 Å². The molecule has 0 aliphatic carbocycles. The van der Waals surface area contributed by atoms with Crippen molar-refractivity contribution in [3.63, 3.8) is 0 Å². The molecule has 0 unspecified atom stereocenters. The number of halogens is 2. The Morgan fingerprint density at radius 3 is 2.24 bits per heavy atom. The Balaban J connectivity index is 1.71. The Hall–Kier alpha value is -2.63. The fourth-order valence-electron chi connectivity index (χ4n) is 3.20. The number of benzene rings is 2. The molecule has 29 heavy (non-hydrogen) atoms. The molecule has 0 saturated heterocycles. The number of carboxylic acid groups (broad SMARTS) is 1. The van der Waals surface area contributed by atoms with Crippen LogP contribution in [0.15, 0.2) is 42.5 Å². The van der Waals surface area contributed by atoms with Crippen molar-refractivity contribution < 1.29 is 14.7 Å². The molecule has 0 amide bonds. The molecule has 7 heteroatoms. The largest absolute Gasteiger partial charge is 0.481 e. The standard InChI is InChI=1S/C22H20Cl2N2O3/c1-13-18(11-22(28)29)14(2)26(25-13)12-15-3-6-17(7-4-15)21(27)10-16-5-8-19(23)20(24)9-16/h3-9H,10-12H2,1-2H3,(H,28,29). The molecule has 0 radical (unpaired) electrons. The third-order valence-electron chi connectivity index (χ3n) is 4.82. The summed E-state index contributed by atoms with van der Waals surface area (Å²) in [6.45, 7) is 4.19. The number of aliphatic carboxylic acids is 1. The molecule has 3 aromatic rings. The minimum atomic E-state index is -0.874. The van der Waals surface area contributed by atoms with E-state index in [2.05, 4.69) is 5.10 Å². The monoisotopic (exact) mass is 430 g/mol. The Kier molecular flexibility index (Phi) is 6.40. The van der Waals surface area contributed by atoms with E-state index in [-0.39, 0.29) is 18.6 Å². The van der Waals surface area contributed by atoms with Crippen LogP contribution in [0.1, 0.15) is 38.4 Å². The van der Waals surface area contributed by atoms with Crippen molar-refractivity contribution in [3.8, 4) is 0 Å². The van der Waals surface area contributed by atoms with Gasteiger partial charge in [0.05, 0.1) is 28.7 Å². The van der Waals surface area contributed by atoms with Gasteiger partial charge >= 0.3 is 5.97 Å². The van der Waals surface area contributed by atoms with Gasteiger partial charge in [0, 0.05) is 23.2 Å². The highest BCUT2D eigenvalue weighted by Crippen LogP contribution is 2.23. The summed E-state index contributed by atoms with van der Waals surface area (Å²) in [5, 5.41) is 14.4. The molecule has 0 fully saturated rings. The second-order valence-electron chi connectivity index (χ2n) is 6.92. The summed E-state index contributed by atoms with van der Waals surface area (Å²) in [5.41, 5.74) is 4.69. The third kappa shape index (κ3) is 5.05. The Labute approximate surface area is 178 Å². The maximum Gasteiger partial charge on any atom is 0.307 e. The number of carboxylic acids is 1. The van der Waals surface area contributed by atoms with E-state index in [1.54, 1.807) is 35.0 Å². The van der Waals surface area contributed by atoms with Crippen LogP contribution in [0.25, 0.3) is 0 Å². The van der Waals surface area contributed by atoms with Crippen molar-refractivity contribution in [3.05, 3.63) is 86.2 Å². The van der Waals surface area contributed by atoms with Gasteiger partial charge in [-0.2, -0.15) is 5.10 Å². The lowest BCUT2D eigenvalue weighted by molar-refractivity contribution is -0.136. The lowest BCUT2D eigenvalue weighted by Gasteiger charge is -2.07. The smallest absolute Gasteiger partial charge is 0.307 e. The predicted molar refractivity (Wildman–Crippen MR) is 113 cm³/mol. The van der Waals surface area contributed by atoms with Crippen LogP contribution in [0.3, 0.4) is 0 Å². The van der Waals surface area contributed by atoms with Crippen LogP contribution >= 0.6 is 23.2 Å². The minimum Gasteiger partial charge on any atom is -0.481 e. The van der Waals surface area contributed by atoms with Crippen LogP contribution in [0, 0.1) is 13.8 Å². The van der Waals surface area contributed by atoms with Crippen LogP contribution in [-0.4, -0.2) is 26.6 Å². The molecule has 1 heterocycles. The van der Waals surface area contributed by atoms with E-state index in [0.29, 0.717) is 22.2 Å². The number of Topliss-reactive ketones (excluding diaryl/α,β-unsaturated/α-hetero) is 1. The van der Waals surface area contributed by atoms with E-state index in [4.69, 9.17) is 28.3 Å². The predicted octanol–water partition coefficient (Wildman–Crippen LogP) is 4.91. The van der Waals surface area contributed by atoms with Gasteiger partial charge < -0.3 is 5.11 Å². The number of rotatable bonds is 7. The topological polar surface area (TPSA) is 72.2 Å². The van der Waals surface area contributed by atoms with Gasteiger partial charge in [-0.15, -0.1) is 0 Å². The molecule has 3 rings (SSSR count). The summed E-state index contributed by atoms with van der Waals surface area (Å²) < 4.78 is 1.79. The van der Waals surface area contributed by atoms with Gasteiger partial charge in [-0.3, -0.25) is 14.3 Å². The lowest BCUT2D eigenvalue weighted by atomic mass is 10.0. The van der Waals surface area contributed by atoms with E-state index >= 15 is 0 Å². The van der Waals surface area contributed by atoms with E-state index in [9.17, 15) is 9.59 Å². The molecule has 0 aliphatic rings. The highest BCUT2D eigenvalue weighted by molar-refractivity contribution is 6.42. The zero-order valence-electron chi connectivity index (χ0n) is 16.1. The Morgan fingerprint density at radius 2 is 1.62 bits per heavy atom. The molecule has 0 spiro atoms. The number of hydrogen-bond donors (Lipinski definition) is 1. The first-order chi connectivity index (χ1) is 13.7. The first kappa shape index (κ1) is 21.1. The molecule has 0 aliphatic heterocycles. The van der Waals surface area contributed by atoms with Crippen LogP contribution in [-0.2, 0) is 24.2 Å². The van der Waals surface area contributed by atoms with Crippen LogP contribution in [0.5, 0.6) is 0 Å². The van der Waals surface area contributed by atoms with Gasteiger partial charge in [-0.25, -0.2) is 0 Å². The van der Waals surface area contributed by atoms with E-state index in [1.807, 2.05) is 26.0 Å². The number of aryl methyl sites for hydroxylation is 1. The average molecular weight is 431 g/mol. The molecular weight excluding hydrogens is 411 g/mol. The van der Waals surface area contributed by atoms with Crippen molar-refractivity contribution in [2.24, 2.45) is 0 Å². The number of carbonyl (C=O) groups is 2. The van der Waals surface area contributed by atoms with Gasteiger partial charge in [0.1, 0.15) is 0 Å². The minimum absolute atomic E-state index is 0.00945. The molecule has 1 N–H and O–H groups in total. The maximum atomic E-state index is 12.5. The van der Waals surface area contributed by atoms with Crippen LogP contribution in [0.4, 0.5) is 0 Å². The van der Waals surface area contributed by atoms with E-state index in [1.165, 1.54) is 0 Å². The molecular formula is C22H20Cl2N2O3. The second-order valence-corrected chi connectivity index (χ2v) is 7.74. The third-order valence-corrected chi connectivity index (χ3v) is 5.56. The number of nitrogens with zero attached hydrogens (tertiary/aromatic N) is 2. The number of ketones is 1. The van der Waals surface area contributed by atoms with Crippen LogP contribution < -0.4 is 0 Å². The highest BCUT2D eigenvalue weighted by Gasteiger charge is 2.15. The zero-order chi connectivity index (χ0) is 21.1. The molecule has 0 atom stereocenters. The first-order valence-corrected chi connectivity index (χ1v) is 9.81. The zero-order valence-corrected chi connectivity index (χ0v) is 17.6.